The second kappa shape index (κ2) is 6.23. The van der Waals surface area contributed by atoms with E-state index in [2.05, 4.69) is 0 Å². The standard InChI is InChI=1S/C13H12ClNO3S/c1-18-6-5-15-12(16)11(19-13(15)17)8-9-3-2-4-10(14)7-9/h2-4,7-8H,5-6H2,1H3. The minimum atomic E-state index is -0.285. The average Bonchev–Trinajstić information content (AvgIpc) is 2.62. The molecule has 0 radical (unpaired) electrons. The van der Waals surface area contributed by atoms with Crippen molar-refractivity contribution in [3.63, 3.8) is 0 Å². The molecule has 100 valence electrons. The Morgan fingerprint density at radius 1 is 1.42 bits per heavy atom. The first kappa shape index (κ1) is 14.1. The SMILES string of the molecule is COCCN1C(=O)SC(=Cc2cccc(Cl)c2)C1=O. The zero-order valence-electron chi connectivity index (χ0n) is 10.3. The summed E-state index contributed by atoms with van der Waals surface area (Å²) in [6.07, 6.45) is 1.67. The molecule has 1 heterocycles. The number of nitrogens with zero attached hydrogens (tertiary/aromatic N) is 1. The normalized spacial score (nSPS) is 17.6. The number of imide groups is 1. The summed E-state index contributed by atoms with van der Waals surface area (Å²) in [5.41, 5.74) is 0.796. The lowest BCUT2D eigenvalue weighted by molar-refractivity contribution is -0.123. The lowest BCUT2D eigenvalue weighted by Gasteiger charge is -2.10. The smallest absolute Gasteiger partial charge is 0.293 e. The Morgan fingerprint density at radius 3 is 2.89 bits per heavy atom. The highest BCUT2D eigenvalue weighted by Crippen LogP contribution is 2.32. The third-order valence-corrected chi connectivity index (χ3v) is 3.68. The highest BCUT2D eigenvalue weighted by Gasteiger charge is 2.34. The van der Waals surface area contributed by atoms with Gasteiger partial charge in [-0.1, -0.05) is 23.7 Å². The van der Waals surface area contributed by atoms with Crippen LogP contribution in [0.4, 0.5) is 4.79 Å². The molecule has 0 N–H and O–H groups in total. The summed E-state index contributed by atoms with van der Waals surface area (Å²) in [6, 6.07) is 7.12. The number of thioether (sulfide) groups is 1. The van der Waals surface area contributed by atoms with Crippen LogP contribution in [0.2, 0.25) is 5.02 Å². The van der Waals surface area contributed by atoms with Gasteiger partial charge in [0.2, 0.25) is 0 Å². The number of carbonyl (C=O) groups is 2. The molecule has 0 atom stereocenters. The molecule has 0 aliphatic carbocycles. The number of halogens is 1. The molecule has 0 bridgehead atoms. The van der Waals surface area contributed by atoms with Gasteiger partial charge in [0, 0.05) is 12.1 Å². The first-order valence-electron chi connectivity index (χ1n) is 5.61. The molecule has 2 rings (SSSR count). The van der Waals surface area contributed by atoms with Crippen LogP contribution < -0.4 is 0 Å². The van der Waals surface area contributed by atoms with E-state index in [1.807, 2.05) is 6.07 Å². The third-order valence-electron chi connectivity index (χ3n) is 2.54. The van der Waals surface area contributed by atoms with E-state index in [0.717, 1.165) is 17.3 Å². The first-order valence-corrected chi connectivity index (χ1v) is 6.81. The second-order valence-electron chi connectivity index (χ2n) is 3.88. The van der Waals surface area contributed by atoms with Crippen molar-refractivity contribution in [2.75, 3.05) is 20.3 Å². The molecule has 1 aliphatic rings. The molecule has 1 aromatic rings. The van der Waals surface area contributed by atoms with Gasteiger partial charge < -0.3 is 4.74 Å². The van der Waals surface area contributed by atoms with Gasteiger partial charge in [0.25, 0.3) is 11.1 Å². The number of ether oxygens (including phenoxy) is 1. The van der Waals surface area contributed by atoms with Gasteiger partial charge in [-0.3, -0.25) is 14.5 Å². The van der Waals surface area contributed by atoms with E-state index in [1.54, 1.807) is 24.3 Å². The molecule has 0 spiro atoms. The highest BCUT2D eigenvalue weighted by atomic mass is 35.5. The fourth-order valence-corrected chi connectivity index (χ4v) is 2.69. The average molecular weight is 298 g/mol. The molecule has 0 saturated carbocycles. The van der Waals surface area contributed by atoms with E-state index in [4.69, 9.17) is 16.3 Å². The molecule has 0 unspecified atom stereocenters. The Bertz CT molecular complexity index is 544. The van der Waals surface area contributed by atoms with E-state index < -0.39 is 0 Å². The van der Waals surface area contributed by atoms with Gasteiger partial charge >= 0.3 is 0 Å². The number of rotatable bonds is 4. The van der Waals surface area contributed by atoms with Crippen molar-refractivity contribution in [1.29, 1.82) is 0 Å². The summed E-state index contributed by atoms with van der Waals surface area (Å²) < 4.78 is 4.88. The molecule has 2 amide bonds. The summed E-state index contributed by atoms with van der Waals surface area (Å²) in [7, 11) is 1.53. The van der Waals surface area contributed by atoms with Gasteiger partial charge in [-0.25, -0.2) is 0 Å². The molecule has 6 heteroatoms. The first-order chi connectivity index (χ1) is 9.11. The molecule has 1 aromatic carbocycles. The highest BCUT2D eigenvalue weighted by molar-refractivity contribution is 8.18. The van der Waals surface area contributed by atoms with E-state index >= 15 is 0 Å². The summed E-state index contributed by atoms with van der Waals surface area (Å²) in [5, 5.41) is 0.322. The fourth-order valence-electron chi connectivity index (χ4n) is 1.62. The zero-order valence-corrected chi connectivity index (χ0v) is 11.8. The number of benzene rings is 1. The van der Waals surface area contributed by atoms with Crippen LogP contribution in [0.5, 0.6) is 0 Å². The molecule has 1 fully saturated rings. The molecule has 19 heavy (non-hydrogen) atoms. The van der Waals surface area contributed by atoms with Gasteiger partial charge in [0.1, 0.15) is 0 Å². The topological polar surface area (TPSA) is 46.6 Å². The van der Waals surface area contributed by atoms with E-state index in [1.165, 1.54) is 12.0 Å². The fraction of sp³-hybridized carbons (Fsp3) is 0.231. The second-order valence-corrected chi connectivity index (χ2v) is 5.31. The van der Waals surface area contributed by atoms with Crippen molar-refractivity contribution in [2.24, 2.45) is 0 Å². The summed E-state index contributed by atoms with van der Waals surface area (Å²) in [4.78, 5) is 25.3. The predicted molar refractivity (Wildman–Crippen MR) is 76.0 cm³/mol. The molecular weight excluding hydrogens is 286 g/mol. The van der Waals surface area contributed by atoms with Gasteiger partial charge in [-0.05, 0) is 35.5 Å². The van der Waals surface area contributed by atoms with Crippen molar-refractivity contribution >= 4 is 40.6 Å². The maximum Gasteiger partial charge on any atom is 0.293 e. The van der Waals surface area contributed by atoms with Crippen LogP contribution in [0.1, 0.15) is 5.56 Å². The van der Waals surface area contributed by atoms with Crippen LogP contribution >= 0.6 is 23.4 Å². The molecule has 1 aliphatic heterocycles. The lowest BCUT2D eigenvalue weighted by atomic mass is 10.2. The van der Waals surface area contributed by atoms with Gasteiger partial charge in [-0.15, -0.1) is 0 Å². The molecule has 1 saturated heterocycles. The molecular formula is C13H12ClNO3S. The van der Waals surface area contributed by atoms with E-state index in [0.29, 0.717) is 16.5 Å². The van der Waals surface area contributed by atoms with Gasteiger partial charge in [0.15, 0.2) is 0 Å². The summed E-state index contributed by atoms with van der Waals surface area (Å²) >= 11 is 6.81. The van der Waals surface area contributed by atoms with Crippen molar-refractivity contribution in [3.05, 3.63) is 39.8 Å². The number of methoxy groups -OCH3 is 1. The maximum atomic E-state index is 12.0. The largest absolute Gasteiger partial charge is 0.383 e. The quantitative estimate of drug-likeness (QED) is 0.802. The number of amides is 2. The number of hydrogen-bond donors (Lipinski definition) is 0. The summed E-state index contributed by atoms with van der Waals surface area (Å²) in [5.74, 6) is -0.285. The van der Waals surface area contributed by atoms with Crippen molar-refractivity contribution in [2.45, 2.75) is 0 Å². The van der Waals surface area contributed by atoms with Crippen LogP contribution in [-0.4, -0.2) is 36.3 Å². The Labute approximate surface area is 120 Å². The maximum absolute atomic E-state index is 12.0. The van der Waals surface area contributed by atoms with Crippen molar-refractivity contribution in [3.8, 4) is 0 Å². The van der Waals surface area contributed by atoms with Gasteiger partial charge in [-0.2, -0.15) is 0 Å². The van der Waals surface area contributed by atoms with Crippen LogP contribution in [-0.2, 0) is 9.53 Å². The Balaban J connectivity index is 2.18. The molecule has 4 nitrogen and oxygen atoms in total. The third kappa shape index (κ3) is 3.37. The van der Waals surface area contributed by atoms with E-state index in [-0.39, 0.29) is 17.7 Å². The predicted octanol–water partition coefficient (Wildman–Crippen LogP) is 3.02. The Morgan fingerprint density at radius 2 is 2.21 bits per heavy atom. The lowest BCUT2D eigenvalue weighted by Crippen LogP contribution is -2.31. The van der Waals surface area contributed by atoms with Crippen molar-refractivity contribution < 1.29 is 14.3 Å². The number of carbonyl (C=O) groups excluding carboxylic acids is 2. The van der Waals surface area contributed by atoms with Gasteiger partial charge in [0.05, 0.1) is 18.1 Å². The van der Waals surface area contributed by atoms with Crippen LogP contribution in [0, 0.1) is 0 Å². The van der Waals surface area contributed by atoms with Crippen molar-refractivity contribution in [1.82, 2.24) is 4.90 Å². The van der Waals surface area contributed by atoms with Crippen LogP contribution in [0.25, 0.3) is 6.08 Å². The minimum Gasteiger partial charge on any atom is -0.383 e. The monoisotopic (exact) mass is 297 g/mol. The minimum absolute atomic E-state index is 0.268. The van der Waals surface area contributed by atoms with Crippen LogP contribution in [0.15, 0.2) is 29.2 Å². The Hall–Kier alpha value is -1.30. The summed E-state index contributed by atoms with van der Waals surface area (Å²) in [6.45, 7) is 0.608. The van der Waals surface area contributed by atoms with Crippen LogP contribution in [0.3, 0.4) is 0 Å². The van der Waals surface area contributed by atoms with E-state index in [9.17, 15) is 9.59 Å². The zero-order chi connectivity index (χ0) is 13.8. The molecule has 0 aromatic heterocycles. The number of hydrogen-bond acceptors (Lipinski definition) is 4. The Kier molecular flexibility index (Phi) is 4.63.